The van der Waals surface area contributed by atoms with Crippen LogP contribution >= 0.6 is 11.3 Å². The number of carbonyl (C=O) groups excluding carboxylic acids is 1. The molecule has 0 unspecified atom stereocenters. The number of hydrogen-bond donors (Lipinski definition) is 2. The molecule has 1 saturated carbocycles. The first-order chi connectivity index (χ1) is 6.75. The molecule has 1 heterocycles. The lowest BCUT2D eigenvalue weighted by molar-refractivity contribution is -0.128. The van der Waals surface area contributed by atoms with Gasteiger partial charge in [-0.15, -0.1) is 11.3 Å². The van der Waals surface area contributed by atoms with E-state index >= 15 is 0 Å². The lowest BCUT2D eigenvalue weighted by Gasteiger charge is -2.30. The van der Waals surface area contributed by atoms with E-state index in [1.165, 1.54) is 0 Å². The van der Waals surface area contributed by atoms with Crippen LogP contribution in [0, 0.1) is 5.92 Å². The lowest BCUT2D eigenvalue weighted by Crippen LogP contribution is -2.44. The Bertz CT molecular complexity index is 306. The summed E-state index contributed by atoms with van der Waals surface area (Å²) in [6.45, 7) is 0.544. The smallest absolute Gasteiger partial charge is 0.223 e. The Kier molecular flexibility index (Phi) is 2.79. The van der Waals surface area contributed by atoms with Crippen molar-refractivity contribution in [2.45, 2.75) is 25.4 Å². The Morgan fingerprint density at radius 2 is 2.50 bits per heavy atom. The van der Waals surface area contributed by atoms with Crippen LogP contribution in [0.4, 0.5) is 0 Å². The fraction of sp³-hybridized carbons (Fsp3) is 0.556. The van der Waals surface area contributed by atoms with Gasteiger partial charge in [-0.05, 0) is 12.8 Å². The van der Waals surface area contributed by atoms with E-state index < -0.39 is 0 Å². The third kappa shape index (κ3) is 2.10. The molecule has 0 radical (unpaired) electrons. The molecule has 0 bridgehead atoms. The maximum atomic E-state index is 11.5. The van der Waals surface area contributed by atoms with E-state index in [1.54, 1.807) is 17.5 Å². The highest BCUT2D eigenvalue weighted by atomic mass is 32.1. The summed E-state index contributed by atoms with van der Waals surface area (Å²) >= 11 is 1.55. The molecule has 2 rings (SSSR count). The molecule has 1 amide bonds. The molecule has 0 aromatic carbocycles. The van der Waals surface area contributed by atoms with Crippen LogP contribution in [0.25, 0.3) is 0 Å². The molecule has 1 aliphatic carbocycles. The standard InChI is InChI=1S/C9H13N3OS/c10-7-3-6(4-7)9(13)12-5-8-11-1-2-14-8/h1-2,6-7H,3-5,10H2,(H,12,13). The van der Waals surface area contributed by atoms with Gasteiger partial charge in [0.15, 0.2) is 0 Å². The molecule has 1 fully saturated rings. The lowest BCUT2D eigenvalue weighted by atomic mass is 9.80. The monoisotopic (exact) mass is 211 g/mol. The molecule has 5 heteroatoms. The van der Waals surface area contributed by atoms with Crippen LogP contribution in [0.5, 0.6) is 0 Å². The van der Waals surface area contributed by atoms with Gasteiger partial charge in [0.1, 0.15) is 5.01 Å². The molecule has 1 aromatic rings. The zero-order valence-electron chi connectivity index (χ0n) is 7.77. The Morgan fingerprint density at radius 3 is 3.07 bits per heavy atom. The van der Waals surface area contributed by atoms with Gasteiger partial charge in [0.2, 0.25) is 5.91 Å². The highest BCUT2D eigenvalue weighted by molar-refractivity contribution is 7.09. The van der Waals surface area contributed by atoms with Crippen molar-refractivity contribution in [1.29, 1.82) is 0 Å². The molecule has 76 valence electrons. The van der Waals surface area contributed by atoms with E-state index in [0.29, 0.717) is 6.54 Å². The molecule has 0 saturated heterocycles. The minimum Gasteiger partial charge on any atom is -0.349 e. The quantitative estimate of drug-likeness (QED) is 0.765. The summed E-state index contributed by atoms with van der Waals surface area (Å²) in [5.41, 5.74) is 5.61. The van der Waals surface area contributed by atoms with Crippen LogP contribution in [-0.4, -0.2) is 16.9 Å². The molecular formula is C9H13N3OS. The van der Waals surface area contributed by atoms with Gasteiger partial charge in [0.05, 0.1) is 6.54 Å². The predicted molar refractivity (Wildman–Crippen MR) is 54.7 cm³/mol. The van der Waals surface area contributed by atoms with Gasteiger partial charge in [-0.1, -0.05) is 0 Å². The normalized spacial score (nSPS) is 25.5. The summed E-state index contributed by atoms with van der Waals surface area (Å²) in [5.74, 6) is 0.242. The van der Waals surface area contributed by atoms with Crippen molar-refractivity contribution >= 4 is 17.2 Å². The number of aromatic nitrogens is 1. The van der Waals surface area contributed by atoms with Gasteiger partial charge in [-0.3, -0.25) is 4.79 Å². The number of nitrogens with one attached hydrogen (secondary N) is 1. The molecular weight excluding hydrogens is 198 g/mol. The second-order valence-electron chi connectivity index (χ2n) is 3.57. The van der Waals surface area contributed by atoms with Gasteiger partial charge in [-0.25, -0.2) is 4.98 Å². The van der Waals surface area contributed by atoms with Gasteiger partial charge in [-0.2, -0.15) is 0 Å². The van der Waals surface area contributed by atoms with E-state index in [9.17, 15) is 4.79 Å². The highest BCUT2D eigenvalue weighted by Gasteiger charge is 2.31. The zero-order valence-corrected chi connectivity index (χ0v) is 8.59. The number of amides is 1. The van der Waals surface area contributed by atoms with E-state index in [1.807, 2.05) is 5.38 Å². The van der Waals surface area contributed by atoms with Crippen molar-refractivity contribution in [3.05, 3.63) is 16.6 Å². The minimum absolute atomic E-state index is 0.113. The first-order valence-electron chi connectivity index (χ1n) is 4.67. The first-order valence-corrected chi connectivity index (χ1v) is 5.55. The van der Waals surface area contributed by atoms with Crippen LogP contribution in [0.3, 0.4) is 0 Å². The topological polar surface area (TPSA) is 68.0 Å². The van der Waals surface area contributed by atoms with Crippen molar-refractivity contribution in [3.8, 4) is 0 Å². The number of hydrogen-bond acceptors (Lipinski definition) is 4. The maximum Gasteiger partial charge on any atom is 0.223 e. The van der Waals surface area contributed by atoms with Gasteiger partial charge in [0.25, 0.3) is 0 Å². The Labute approximate surface area is 86.5 Å². The minimum atomic E-state index is 0.113. The number of nitrogens with zero attached hydrogens (tertiary/aromatic N) is 1. The zero-order chi connectivity index (χ0) is 9.97. The van der Waals surface area contributed by atoms with E-state index in [4.69, 9.17) is 5.73 Å². The summed E-state index contributed by atoms with van der Waals surface area (Å²) < 4.78 is 0. The fourth-order valence-corrected chi connectivity index (χ4v) is 2.08. The average Bonchev–Trinajstić information content (AvgIpc) is 2.61. The summed E-state index contributed by atoms with van der Waals surface area (Å²) in [4.78, 5) is 15.6. The van der Waals surface area contributed by atoms with Crippen molar-refractivity contribution in [2.24, 2.45) is 11.7 Å². The Balaban J connectivity index is 1.73. The van der Waals surface area contributed by atoms with Crippen LogP contribution in [0.2, 0.25) is 0 Å². The molecule has 0 spiro atoms. The fourth-order valence-electron chi connectivity index (χ4n) is 1.52. The molecule has 14 heavy (non-hydrogen) atoms. The van der Waals surface area contributed by atoms with E-state index in [0.717, 1.165) is 17.8 Å². The second kappa shape index (κ2) is 4.06. The van der Waals surface area contributed by atoms with E-state index in [-0.39, 0.29) is 17.9 Å². The predicted octanol–water partition coefficient (Wildman–Crippen LogP) is 0.497. The molecule has 0 aliphatic heterocycles. The number of nitrogens with two attached hydrogens (primary N) is 1. The van der Waals surface area contributed by atoms with Gasteiger partial charge >= 0.3 is 0 Å². The second-order valence-corrected chi connectivity index (χ2v) is 4.55. The highest BCUT2D eigenvalue weighted by Crippen LogP contribution is 2.25. The molecule has 1 aromatic heterocycles. The molecule has 0 atom stereocenters. The average molecular weight is 211 g/mol. The SMILES string of the molecule is NC1CC(C(=O)NCc2nccs2)C1. The van der Waals surface area contributed by atoms with Crippen LogP contribution < -0.4 is 11.1 Å². The largest absolute Gasteiger partial charge is 0.349 e. The molecule has 1 aliphatic rings. The third-order valence-electron chi connectivity index (χ3n) is 2.44. The molecule has 3 N–H and O–H groups in total. The van der Waals surface area contributed by atoms with Crippen molar-refractivity contribution in [1.82, 2.24) is 10.3 Å². The Morgan fingerprint density at radius 1 is 1.71 bits per heavy atom. The van der Waals surface area contributed by atoms with Crippen molar-refractivity contribution in [2.75, 3.05) is 0 Å². The summed E-state index contributed by atoms with van der Waals surface area (Å²) in [5, 5.41) is 5.71. The van der Waals surface area contributed by atoms with Crippen molar-refractivity contribution < 1.29 is 4.79 Å². The van der Waals surface area contributed by atoms with Crippen molar-refractivity contribution in [3.63, 3.8) is 0 Å². The number of thiazole rings is 1. The Hall–Kier alpha value is -0.940. The maximum absolute atomic E-state index is 11.5. The summed E-state index contributed by atoms with van der Waals surface area (Å²) in [6.07, 6.45) is 3.39. The van der Waals surface area contributed by atoms with Gasteiger partial charge < -0.3 is 11.1 Å². The van der Waals surface area contributed by atoms with Gasteiger partial charge in [0, 0.05) is 23.5 Å². The first kappa shape index (κ1) is 9.61. The number of rotatable bonds is 3. The third-order valence-corrected chi connectivity index (χ3v) is 3.22. The van der Waals surface area contributed by atoms with Crippen LogP contribution in [0.1, 0.15) is 17.8 Å². The van der Waals surface area contributed by atoms with Crippen LogP contribution in [0.15, 0.2) is 11.6 Å². The molecule has 4 nitrogen and oxygen atoms in total. The summed E-state index contributed by atoms with van der Waals surface area (Å²) in [7, 11) is 0. The summed E-state index contributed by atoms with van der Waals surface area (Å²) in [6, 6.07) is 0.227. The van der Waals surface area contributed by atoms with Crippen LogP contribution in [-0.2, 0) is 11.3 Å². The number of carbonyl (C=O) groups is 1. The van der Waals surface area contributed by atoms with E-state index in [2.05, 4.69) is 10.3 Å².